The second-order valence-electron chi connectivity index (χ2n) is 9.26. The molecule has 1 aromatic rings. The topological polar surface area (TPSA) is 112 Å². The van der Waals surface area contributed by atoms with E-state index in [0.29, 0.717) is 50.8 Å². The molecule has 3 N–H and O–H groups in total. The smallest absolute Gasteiger partial charge is 0.406 e. The number of piperidine rings is 1. The van der Waals surface area contributed by atoms with E-state index in [-0.39, 0.29) is 30.0 Å². The highest BCUT2D eigenvalue weighted by Crippen LogP contribution is 2.34. The molecule has 3 unspecified atom stereocenters. The summed E-state index contributed by atoms with van der Waals surface area (Å²) >= 11 is 6.26. The molecule has 11 heteroatoms. The van der Waals surface area contributed by atoms with Gasteiger partial charge in [0.05, 0.1) is 25.9 Å². The molecule has 2 aliphatic heterocycles. The van der Waals surface area contributed by atoms with E-state index in [0.717, 1.165) is 31.4 Å². The number of rotatable bonds is 11. The predicted molar refractivity (Wildman–Crippen MR) is 137 cm³/mol. The molecule has 0 aromatic heterocycles. The highest BCUT2D eigenvalue weighted by Gasteiger charge is 2.32. The molecular formula is C25H38ClN5O5. The van der Waals surface area contributed by atoms with Crippen molar-refractivity contribution >= 4 is 29.6 Å². The molecule has 4 amide bonds. The quantitative estimate of drug-likeness (QED) is 0.384. The molecule has 2 aliphatic rings. The Morgan fingerprint density at radius 1 is 1.25 bits per heavy atom. The van der Waals surface area contributed by atoms with Crippen molar-refractivity contribution in [2.24, 2.45) is 5.92 Å². The molecule has 2 heterocycles. The van der Waals surface area contributed by atoms with Gasteiger partial charge in [0.15, 0.2) is 0 Å². The predicted octanol–water partition coefficient (Wildman–Crippen LogP) is 2.39. The molecule has 0 bridgehead atoms. The fourth-order valence-electron chi connectivity index (χ4n) is 4.88. The lowest BCUT2D eigenvalue weighted by Crippen LogP contribution is -2.54. The van der Waals surface area contributed by atoms with Gasteiger partial charge in [-0.25, -0.2) is 9.59 Å². The summed E-state index contributed by atoms with van der Waals surface area (Å²) in [4.78, 5) is 40.3. The Morgan fingerprint density at radius 2 is 2.08 bits per heavy atom. The van der Waals surface area contributed by atoms with Gasteiger partial charge in [0.2, 0.25) is 5.91 Å². The number of methoxy groups -OCH3 is 1. The molecular weight excluding hydrogens is 486 g/mol. The minimum absolute atomic E-state index is 0.0593. The highest BCUT2D eigenvalue weighted by atomic mass is 35.5. The van der Waals surface area contributed by atoms with Gasteiger partial charge in [-0.2, -0.15) is 0 Å². The molecule has 2 saturated heterocycles. The second-order valence-corrected chi connectivity index (χ2v) is 9.70. The summed E-state index contributed by atoms with van der Waals surface area (Å²) in [5.41, 5.74) is 0.938. The van der Waals surface area contributed by atoms with Crippen LogP contribution in [0, 0.1) is 5.92 Å². The van der Waals surface area contributed by atoms with Crippen molar-refractivity contribution in [1.82, 2.24) is 25.8 Å². The molecule has 200 valence electrons. The van der Waals surface area contributed by atoms with Crippen molar-refractivity contribution in [3.05, 3.63) is 34.9 Å². The van der Waals surface area contributed by atoms with Crippen LogP contribution in [0.5, 0.6) is 0 Å². The number of halogens is 1. The van der Waals surface area contributed by atoms with Gasteiger partial charge in [-0.1, -0.05) is 23.7 Å². The third-order valence-corrected chi connectivity index (χ3v) is 6.83. The Labute approximate surface area is 218 Å². The van der Waals surface area contributed by atoms with Gasteiger partial charge in [-0.05, 0) is 44.0 Å². The number of carbonyl (C=O) groups is 3. The maximum Gasteiger partial charge on any atom is 0.406 e. The summed E-state index contributed by atoms with van der Waals surface area (Å²) in [6.07, 6.45) is 2.40. The highest BCUT2D eigenvalue weighted by molar-refractivity contribution is 6.30. The Hall–Kier alpha value is -2.56. The number of likely N-dealkylation sites (N-methyl/N-ethyl adjacent to an activating group) is 1. The Morgan fingerprint density at radius 3 is 2.78 bits per heavy atom. The molecule has 2 fully saturated rings. The van der Waals surface area contributed by atoms with E-state index in [2.05, 4.69) is 20.7 Å². The molecule has 0 spiro atoms. The number of hydrogen-bond acceptors (Lipinski definition) is 6. The summed E-state index contributed by atoms with van der Waals surface area (Å²) in [6, 6.07) is 7.25. The van der Waals surface area contributed by atoms with Gasteiger partial charge < -0.3 is 35.2 Å². The minimum Gasteiger partial charge on any atom is -0.453 e. The van der Waals surface area contributed by atoms with Crippen LogP contribution >= 0.6 is 11.6 Å². The SMILES string of the molecule is CNCC(CN1CCCC1=O)NC(=O)N1CCCC(C(OCCNC(=O)OC)c2cccc(Cl)c2)C1. The summed E-state index contributed by atoms with van der Waals surface area (Å²) in [5, 5.41) is 9.48. The van der Waals surface area contributed by atoms with E-state index in [4.69, 9.17) is 16.3 Å². The van der Waals surface area contributed by atoms with Crippen molar-refractivity contribution in [3.8, 4) is 0 Å². The summed E-state index contributed by atoms with van der Waals surface area (Å²) in [5.74, 6) is 0.204. The largest absolute Gasteiger partial charge is 0.453 e. The first kappa shape index (κ1) is 28.0. The van der Waals surface area contributed by atoms with Gasteiger partial charge >= 0.3 is 12.1 Å². The van der Waals surface area contributed by atoms with Crippen molar-refractivity contribution in [3.63, 3.8) is 0 Å². The number of urea groups is 1. The number of amides is 4. The fraction of sp³-hybridized carbons (Fsp3) is 0.640. The summed E-state index contributed by atoms with van der Waals surface area (Å²) in [7, 11) is 3.15. The van der Waals surface area contributed by atoms with Crippen LogP contribution in [0.1, 0.15) is 37.4 Å². The number of nitrogens with one attached hydrogen (secondary N) is 3. The van der Waals surface area contributed by atoms with Gasteiger partial charge in [-0.15, -0.1) is 0 Å². The average molecular weight is 524 g/mol. The third-order valence-electron chi connectivity index (χ3n) is 6.59. The number of alkyl carbamates (subject to hydrolysis) is 1. The van der Waals surface area contributed by atoms with E-state index in [1.165, 1.54) is 7.11 Å². The zero-order chi connectivity index (χ0) is 25.9. The monoisotopic (exact) mass is 523 g/mol. The second kappa shape index (κ2) is 14.2. The maximum atomic E-state index is 13.2. The Balaban J connectivity index is 1.63. The fourth-order valence-corrected chi connectivity index (χ4v) is 5.08. The molecule has 10 nitrogen and oxygen atoms in total. The lowest BCUT2D eigenvalue weighted by Gasteiger charge is -2.38. The number of nitrogens with zero attached hydrogens (tertiary/aromatic N) is 2. The van der Waals surface area contributed by atoms with Crippen LogP contribution in [0.3, 0.4) is 0 Å². The number of carbonyl (C=O) groups excluding carboxylic acids is 3. The maximum absolute atomic E-state index is 13.2. The lowest BCUT2D eigenvalue weighted by molar-refractivity contribution is -0.127. The van der Waals surface area contributed by atoms with Crippen LogP contribution in [0.15, 0.2) is 24.3 Å². The van der Waals surface area contributed by atoms with Crippen LogP contribution in [-0.4, -0.2) is 93.9 Å². The number of likely N-dealkylation sites (tertiary alicyclic amines) is 2. The van der Waals surface area contributed by atoms with Crippen LogP contribution in [0.25, 0.3) is 0 Å². The molecule has 0 radical (unpaired) electrons. The van der Waals surface area contributed by atoms with Crippen molar-refractivity contribution < 1.29 is 23.9 Å². The minimum atomic E-state index is -0.509. The van der Waals surface area contributed by atoms with E-state index in [1.807, 2.05) is 41.1 Å². The van der Waals surface area contributed by atoms with Gasteiger partial charge in [0.25, 0.3) is 0 Å². The molecule has 0 saturated carbocycles. The van der Waals surface area contributed by atoms with E-state index in [1.54, 1.807) is 0 Å². The Kier molecular flexibility index (Phi) is 11.1. The number of ether oxygens (including phenoxy) is 2. The van der Waals surface area contributed by atoms with E-state index >= 15 is 0 Å². The first-order chi connectivity index (χ1) is 17.4. The average Bonchev–Trinajstić information content (AvgIpc) is 3.28. The molecule has 0 aliphatic carbocycles. The van der Waals surface area contributed by atoms with Crippen LogP contribution in [0.4, 0.5) is 9.59 Å². The summed E-state index contributed by atoms with van der Waals surface area (Å²) < 4.78 is 10.8. The zero-order valence-corrected chi connectivity index (χ0v) is 21.9. The van der Waals surface area contributed by atoms with Gasteiger partial charge in [-0.3, -0.25) is 4.79 Å². The van der Waals surface area contributed by atoms with E-state index in [9.17, 15) is 14.4 Å². The zero-order valence-electron chi connectivity index (χ0n) is 21.1. The normalized spacial score (nSPS) is 19.6. The Bertz CT molecular complexity index is 888. The van der Waals surface area contributed by atoms with Crippen molar-refractivity contribution in [2.45, 2.75) is 37.8 Å². The standard InChI is InChI=1S/C25H38ClN5O5/c1-27-15-21(17-30-11-5-9-22(30)32)29-24(33)31-12-4-7-19(16-31)23(18-6-3-8-20(26)14-18)36-13-10-28-25(34)35-2/h3,6,8,14,19,21,23,27H,4-5,7,9-13,15-17H2,1-2H3,(H,28,34)(H,29,33). The molecule has 3 rings (SSSR count). The summed E-state index contributed by atoms with van der Waals surface area (Å²) in [6.45, 7) is 3.61. The van der Waals surface area contributed by atoms with Crippen molar-refractivity contribution in [2.75, 3.05) is 60.0 Å². The van der Waals surface area contributed by atoms with Crippen LogP contribution < -0.4 is 16.0 Å². The number of benzene rings is 1. The van der Waals surface area contributed by atoms with E-state index < -0.39 is 6.09 Å². The molecule has 36 heavy (non-hydrogen) atoms. The number of hydrogen-bond donors (Lipinski definition) is 3. The van der Waals surface area contributed by atoms with Gasteiger partial charge in [0.1, 0.15) is 0 Å². The van der Waals surface area contributed by atoms with Gasteiger partial charge in [0, 0.05) is 56.6 Å². The van der Waals surface area contributed by atoms with Crippen LogP contribution in [0.2, 0.25) is 5.02 Å². The molecule has 3 atom stereocenters. The van der Waals surface area contributed by atoms with Crippen molar-refractivity contribution in [1.29, 1.82) is 0 Å². The lowest BCUT2D eigenvalue weighted by atomic mass is 9.88. The van der Waals surface area contributed by atoms with Crippen LogP contribution in [-0.2, 0) is 14.3 Å². The third kappa shape index (κ3) is 8.25. The first-order valence-corrected chi connectivity index (χ1v) is 13.0. The molecule has 1 aromatic carbocycles. The first-order valence-electron chi connectivity index (χ1n) is 12.6.